The zero-order valence-corrected chi connectivity index (χ0v) is 15.3. The van der Waals surface area contributed by atoms with Crippen LogP contribution in [0.15, 0.2) is 34.9 Å². The molecule has 1 unspecified atom stereocenters. The fourth-order valence-corrected chi connectivity index (χ4v) is 3.54. The molecule has 2 aromatic rings. The molecule has 0 spiro atoms. The highest BCUT2D eigenvalue weighted by molar-refractivity contribution is 5.96. The maximum Gasteiger partial charge on any atom is 0.259 e. The number of rotatable bonds is 5. The molecule has 1 aliphatic rings. The number of aromatic nitrogens is 1. The first-order chi connectivity index (χ1) is 12.6. The first-order valence-electron chi connectivity index (χ1n) is 9.15. The molecule has 6 nitrogen and oxygen atoms in total. The Morgan fingerprint density at radius 2 is 2.00 bits per heavy atom. The van der Waals surface area contributed by atoms with E-state index < -0.39 is 0 Å². The van der Waals surface area contributed by atoms with Crippen molar-refractivity contribution in [3.63, 3.8) is 0 Å². The van der Waals surface area contributed by atoms with E-state index in [1.165, 1.54) is 0 Å². The van der Waals surface area contributed by atoms with Gasteiger partial charge in [-0.15, -0.1) is 0 Å². The number of carbonyl (C=O) groups is 2. The number of hydrogen-bond donors (Lipinski definition) is 1. The van der Waals surface area contributed by atoms with Crippen LogP contribution in [0.2, 0.25) is 0 Å². The molecule has 0 saturated carbocycles. The van der Waals surface area contributed by atoms with Crippen LogP contribution in [0.1, 0.15) is 57.9 Å². The number of nitrogens with one attached hydrogen (secondary N) is 1. The molecule has 0 radical (unpaired) electrons. The standard InChI is InChI=1S/C20H25N3O3/c1-14-18(15(2)26-22-14)20(25)23-13-7-6-10-17(23)11-12-21-19(24)16-8-4-3-5-9-16/h3-5,8-9,17H,6-7,10-13H2,1-2H3,(H,21,24). The Labute approximate surface area is 153 Å². The van der Waals surface area contributed by atoms with Gasteiger partial charge >= 0.3 is 0 Å². The van der Waals surface area contributed by atoms with E-state index in [2.05, 4.69) is 10.5 Å². The van der Waals surface area contributed by atoms with E-state index in [0.29, 0.717) is 29.1 Å². The minimum atomic E-state index is -0.0787. The first kappa shape index (κ1) is 18.2. The van der Waals surface area contributed by atoms with Crippen molar-refractivity contribution in [3.05, 3.63) is 52.9 Å². The Morgan fingerprint density at radius 1 is 1.23 bits per heavy atom. The van der Waals surface area contributed by atoms with Gasteiger partial charge in [-0.1, -0.05) is 23.4 Å². The molecule has 0 bridgehead atoms. The van der Waals surface area contributed by atoms with Gasteiger partial charge in [-0.25, -0.2) is 0 Å². The van der Waals surface area contributed by atoms with Crippen molar-refractivity contribution >= 4 is 11.8 Å². The minimum absolute atomic E-state index is 0.0136. The summed E-state index contributed by atoms with van der Waals surface area (Å²) in [5.74, 6) is 0.472. The molecular formula is C20H25N3O3. The molecule has 138 valence electrons. The van der Waals surface area contributed by atoms with Crippen LogP contribution in [-0.2, 0) is 0 Å². The Balaban J connectivity index is 1.61. The summed E-state index contributed by atoms with van der Waals surface area (Å²) in [5, 5.41) is 6.85. The number of piperidine rings is 1. The fourth-order valence-electron chi connectivity index (χ4n) is 3.54. The van der Waals surface area contributed by atoms with Crippen LogP contribution in [0, 0.1) is 13.8 Å². The summed E-state index contributed by atoms with van der Waals surface area (Å²) in [4.78, 5) is 27.1. The second kappa shape index (κ2) is 8.17. The highest BCUT2D eigenvalue weighted by atomic mass is 16.5. The number of aryl methyl sites for hydroxylation is 2. The molecular weight excluding hydrogens is 330 g/mol. The van der Waals surface area contributed by atoms with E-state index in [1.54, 1.807) is 26.0 Å². The maximum atomic E-state index is 13.0. The van der Waals surface area contributed by atoms with E-state index in [1.807, 2.05) is 23.1 Å². The SMILES string of the molecule is Cc1noc(C)c1C(=O)N1CCCCC1CCNC(=O)c1ccccc1. The number of hydrogen-bond acceptors (Lipinski definition) is 4. The zero-order valence-electron chi connectivity index (χ0n) is 15.3. The van der Waals surface area contributed by atoms with Gasteiger partial charge in [0.2, 0.25) is 0 Å². The van der Waals surface area contributed by atoms with Crippen molar-refractivity contribution in [1.82, 2.24) is 15.4 Å². The van der Waals surface area contributed by atoms with Crippen LogP contribution in [-0.4, -0.2) is 41.0 Å². The van der Waals surface area contributed by atoms with E-state index in [-0.39, 0.29) is 17.9 Å². The van der Waals surface area contributed by atoms with Gasteiger partial charge in [0, 0.05) is 24.7 Å². The number of amides is 2. The van der Waals surface area contributed by atoms with E-state index in [9.17, 15) is 9.59 Å². The van der Waals surface area contributed by atoms with Crippen LogP contribution in [0.5, 0.6) is 0 Å². The van der Waals surface area contributed by atoms with Gasteiger partial charge in [-0.3, -0.25) is 9.59 Å². The van der Waals surface area contributed by atoms with Gasteiger partial charge in [0.1, 0.15) is 11.3 Å². The Kier molecular flexibility index (Phi) is 5.71. The van der Waals surface area contributed by atoms with Crippen molar-refractivity contribution in [2.45, 2.75) is 45.6 Å². The number of nitrogens with zero attached hydrogens (tertiary/aromatic N) is 2. The van der Waals surface area contributed by atoms with Gasteiger partial charge in [-0.2, -0.15) is 0 Å². The minimum Gasteiger partial charge on any atom is -0.361 e. The lowest BCUT2D eigenvalue weighted by Crippen LogP contribution is -2.45. The molecule has 1 saturated heterocycles. The Bertz CT molecular complexity index is 750. The molecule has 6 heteroatoms. The maximum absolute atomic E-state index is 13.0. The quantitative estimate of drug-likeness (QED) is 0.894. The molecule has 1 atom stereocenters. The third kappa shape index (κ3) is 3.95. The predicted molar refractivity (Wildman–Crippen MR) is 98.0 cm³/mol. The van der Waals surface area contributed by atoms with Crippen LogP contribution < -0.4 is 5.32 Å². The lowest BCUT2D eigenvalue weighted by atomic mass is 9.97. The van der Waals surface area contributed by atoms with Gasteiger partial charge in [0.25, 0.3) is 11.8 Å². The molecule has 2 heterocycles. The molecule has 1 aromatic heterocycles. The highest BCUT2D eigenvalue weighted by Crippen LogP contribution is 2.24. The van der Waals surface area contributed by atoms with Gasteiger partial charge in [-0.05, 0) is 51.7 Å². The van der Waals surface area contributed by atoms with E-state index >= 15 is 0 Å². The van der Waals surface area contributed by atoms with Crippen LogP contribution in [0.3, 0.4) is 0 Å². The van der Waals surface area contributed by atoms with Crippen LogP contribution >= 0.6 is 0 Å². The first-order valence-corrected chi connectivity index (χ1v) is 9.15. The highest BCUT2D eigenvalue weighted by Gasteiger charge is 2.30. The number of benzene rings is 1. The smallest absolute Gasteiger partial charge is 0.259 e. The average Bonchev–Trinajstić information content (AvgIpc) is 3.00. The summed E-state index contributed by atoms with van der Waals surface area (Å²) in [6, 6.07) is 9.30. The fraction of sp³-hybridized carbons (Fsp3) is 0.450. The summed E-state index contributed by atoms with van der Waals surface area (Å²) in [7, 11) is 0. The summed E-state index contributed by atoms with van der Waals surface area (Å²) in [5.41, 5.74) is 1.86. The molecule has 0 aliphatic carbocycles. The average molecular weight is 355 g/mol. The summed E-state index contributed by atoms with van der Waals surface area (Å²) in [6.07, 6.45) is 3.80. The lowest BCUT2D eigenvalue weighted by Gasteiger charge is -2.36. The third-order valence-corrected chi connectivity index (χ3v) is 4.93. The third-order valence-electron chi connectivity index (χ3n) is 4.93. The summed E-state index contributed by atoms with van der Waals surface area (Å²) >= 11 is 0. The molecule has 1 aromatic carbocycles. The molecule has 1 N–H and O–H groups in total. The largest absolute Gasteiger partial charge is 0.361 e. The number of likely N-dealkylation sites (tertiary alicyclic amines) is 1. The second-order valence-electron chi connectivity index (χ2n) is 6.76. The van der Waals surface area contributed by atoms with Crippen molar-refractivity contribution in [2.24, 2.45) is 0 Å². The van der Waals surface area contributed by atoms with Gasteiger partial charge < -0.3 is 14.7 Å². The van der Waals surface area contributed by atoms with E-state index in [4.69, 9.17) is 4.52 Å². The zero-order chi connectivity index (χ0) is 18.5. The molecule has 2 amide bonds. The van der Waals surface area contributed by atoms with Crippen molar-refractivity contribution < 1.29 is 14.1 Å². The molecule has 26 heavy (non-hydrogen) atoms. The Hall–Kier alpha value is -2.63. The monoisotopic (exact) mass is 355 g/mol. The molecule has 1 fully saturated rings. The molecule has 1 aliphatic heterocycles. The van der Waals surface area contributed by atoms with E-state index in [0.717, 1.165) is 32.2 Å². The Morgan fingerprint density at radius 3 is 2.69 bits per heavy atom. The van der Waals surface area contributed by atoms with Crippen molar-refractivity contribution in [2.75, 3.05) is 13.1 Å². The van der Waals surface area contributed by atoms with Crippen molar-refractivity contribution in [3.8, 4) is 0 Å². The van der Waals surface area contributed by atoms with Crippen LogP contribution in [0.25, 0.3) is 0 Å². The predicted octanol–water partition coefficient (Wildman–Crippen LogP) is 3.11. The lowest BCUT2D eigenvalue weighted by molar-refractivity contribution is 0.0599. The topological polar surface area (TPSA) is 75.4 Å². The summed E-state index contributed by atoms with van der Waals surface area (Å²) < 4.78 is 5.15. The van der Waals surface area contributed by atoms with Gasteiger partial charge in [0.05, 0.1) is 5.69 Å². The summed E-state index contributed by atoms with van der Waals surface area (Å²) in [6.45, 7) is 4.85. The van der Waals surface area contributed by atoms with Crippen molar-refractivity contribution in [1.29, 1.82) is 0 Å². The second-order valence-corrected chi connectivity index (χ2v) is 6.76. The normalized spacial score (nSPS) is 17.2. The van der Waals surface area contributed by atoms with Gasteiger partial charge in [0.15, 0.2) is 0 Å². The van der Waals surface area contributed by atoms with Crippen LogP contribution in [0.4, 0.5) is 0 Å². The molecule has 3 rings (SSSR count). The number of carbonyl (C=O) groups excluding carboxylic acids is 2.